The van der Waals surface area contributed by atoms with Gasteiger partial charge in [0.15, 0.2) is 0 Å². The standard InChI is InChI=1S/C23H30ClN3O3S/c1-4-27(5-2)31(29,30)20-10-11-22(24)21(14-20)23(28)25-15-17(3)26-13-12-18-8-6-7-9-19(18)16-26/h6-11,14,17H,4-5,12-13,15-16H2,1-3H3,(H,25,28). The van der Waals surface area contributed by atoms with E-state index in [1.165, 1.54) is 33.6 Å². The maximum atomic E-state index is 12.8. The van der Waals surface area contributed by atoms with Crippen LogP contribution in [0.25, 0.3) is 0 Å². The van der Waals surface area contributed by atoms with Crippen molar-refractivity contribution in [3.63, 3.8) is 0 Å². The molecule has 0 bridgehead atoms. The van der Waals surface area contributed by atoms with E-state index >= 15 is 0 Å². The lowest BCUT2D eigenvalue weighted by Crippen LogP contribution is -2.44. The molecule has 0 fully saturated rings. The molecule has 0 saturated carbocycles. The summed E-state index contributed by atoms with van der Waals surface area (Å²) in [5.74, 6) is -0.370. The molecular formula is C23H30ClN3O3S. The fourth-order valence-electron chi connectivity index (χ4n) is 3.91. The number of hydrogen-bond donors (Lipinski definition) is 1. The molecule has 8 heteroatoms. The number of rotatable bonds is 8. The molecule has 2 aromatic rings. The molecule has 1 heterocycles. The average molecular weight is 464 g/mol. The van der Waals surface area contributed by atoms with Crippen LogP contribution < -0.4 is 5.32 Å². The summed E-state index contributed by atoms with van der Waals surface area (Å²) >= 11 is 6.23. The Morgan fingerprint density at radius 3 is 2.52 bits per heavy atom. The molecule has 1 N–H and O–H groups in total. The van der Waals surface area contributed by atoms with Crippen LogP contribution in [0.5, 0.6) is 0 Å². The number of carbonyl (C=O) groups excluding carboxylic acids is 1. The van der Waals surface area contributed by atoms with Crippen molar-refractivity contribution in [3.8, 4) is 0 Å². The lowest BCUT2D eigenvalue weighted by Gasteiger charge is -2.33. The summed E-state index contributed by atoms with van der Waals surface area (Å²) < 4.78 is 27.0. The topological polar surface area (TPSA) is 69.7 Å². The monoisotopic (exact) mass is 463 g/mol. The molecule has 168 valence electrons. The maximum Gasteiger partial charge on any atom is 0.252 e. The Balaban J connectivity index is 1.68. The smallest absolute Gasteiger partial charge is 0.252 e. The van der Waals surface area contributed by atoms with Gasteiger partial charge < -0.3 is 5.32 Å². The number of hydrogen-bond acceptors (Lipinski definition) is 4. The molecule has 6 nitrogen and oxygen atoms in total. The Morgan fingerprint density at radius 2 is 1.84 bits per heavy atom. The van der Waals surface area contributed by atoms with E-state index < -0.39 is 10.0 Å². The molecule has 1 aliphatic heterocycles. The van der Waals surface area contributed by atoms with E-state index in [2.05, 4.69) is 41.4 Å². The van der Waals surface area contributed by atoms with Gasteiger partial charge in [0.2, 0.25) is 10.0 Å². The van der Waals surface area contributed by atoms with Gasteiger partial charge in [-0.3, -0.25) is 9.69 Å². The van der Waals surface area contributed by atoms with Gasteiger partial charge in [-0.1, -0.05) is 49.7 Å². The Kier molecular flexibility index (Phi) is 7.75. The molecule has 3 rings (SSSR count). The minimum absolute atomic E-state index is 0.0754. The van der Waals surface area contributed by atoms with Crippen LogP contribution in [-0.4, -0.2) is 55.8 Å². The highest BCUT2D eigenvalue weighted by Gasteiger charge is 2.25. The SMILES string of the molecule is CCN(CC)S(=O)(=O)c1ccc(Cl)c(C(=O)NCC(C)N2CCc3ccccc3C2)c1. The molecule has 31 heavy (non-hydrogen) atoms. The van der Waals surface area contributed by atoms with E-state index in [0.29, 0.717) is 19.6 Å². The molecule has 0 aliphatic carbocycles. The van der Waals surface area contributed by atoms with Crippen molar-refractivity contribution in [2.45, 2.75) is 44.7 Å². The highest BCUT2D eigenvalue weighted by atomic mass is 35.5. The van der Waals surface area contributed by atoms with Gasteiger partial charge in [-0.25, -0.2) is 8.42 Å². The third-order valence-electron chi connectivity index (χ3n) is 5.87. The Morgan fingerprint density at radius 1 is 1.16 bits per heavy atom. The molecule has 1 atom stereocenters. The molecule has 0 aromatic heterocycles. The number of carbonyl (C=O) groups is 1. The van der Waals surface area contributed by atoms with E-state index in [9.17, 15) is 13.2 Å². The van der Waals surface area contributed by atoms with Crippen LogP contribution in [-0.2, 0) is 23.0 Å². The van der Waals surface area contributed by atoms with Crippen molar-refractivity contribution >= 4 is 27.5 Å². The summed E-state index contributed by atoms with van der Waals surface area (Å²) in [5.41, 5.74) is 2.88. The van der Waals surface area contributed by atoms with Gasteiger partial charge in [0, 0.05) is 38.8 Å². The Labute approximate surface area is 190 Å². The van der Waals surface area contributed by atoms with Crippen molar-refractivity contribution in [2.75, 3.05) is 26.2 Å². The van der Waals surface area contributed by atoms with Gasteiger partial charge >= 0.3 is 0 Å². The molecular weight excluding hydrogens is 434 g/mol. The van der Waals surface area contributed by atoms with Gasteiger partial charge in [-0.05, 0) is 42.7 Å². The van der Waals surface area contributed by atoms with Crippen molar-refractivity contribution in [3.05, 3.63) is 64.2 Å². The van der Waals surface area contributed by atoms with E-state index in [1.54, 1.807) is 13.8 Å². The fraction of sp³-hybridized carbons (Fsp3) is 0.435. The molecule has 2 aromatic carbocycles. The zero-order valence-electron chi connectivity index (χ0n) is 18.3. The highest BCUT2D eigenvalue weighted by Crippen LogP contribution is 2.24. The van der Waals surface area contributed by atoms with Crippen molar-refractivity contribution < 1.29 is 13.2 Å². The third-order valence-corrected chi connectivity index (χ3v) is 8.24. The quantitative estimate of drug-likeness (QED) is 0.650. The number of nitrogens with one attached hydrogen (secondary N) is 1. The van der Waals surface area contributed by atoms with Gasteiger partial charge in [-0.15, -0.1) is 0 Å². The minimum atomic E-state index is -3.66. The van der Waals surface area contributed by atoms with Gasteiger partial charge in [-0.2, -0.15) is 4.31 Å². The van der Waals surface area contributed by atoms with Gasteiger partial charge in [0.25, 0.3) is 5.91 Å². The summed E-state index contributed by atoms with van der Waals surface area (Å²) in [6, 6.07) is 12.9. The predicted molar refractivity (Wildman–Crippen MR) is 124 cm³/mol. The van der Waals surface area contributed by atoms with Crippen LogP contribution >= 0.6 is 11.6 Å². The summed E-state index contributed by atoms with van der Waals surface area (Å²) in [4.78, 5) is 15.2. The molecule has 1 unspecified atom stereocenters. The Bertz CT molecular complexity index is 1040. The predicted octanol–water partition coefficient (Wildman–Crippen LogP) is 3.55. The molecule has 0 saturated heterocycles. The van der Waals surface area contributed by atoms with E-state index in [-0.39, 0.29) is 27.4 Å². The first-order valence-corrected chi connectivity index (χ1v) is 12.5. The Hall–Kier alpha value is -1.93. The van der Waals surface area contributed by atoms with Crippen molar-refractivity contribution in [1.29, 1.82) is 0 Å². The maximum absolute atomic E-state index is 12.8. The summed E-state index contributed by atoms with van der Waals surface area (Å²) in [6.45, 7) is 8.61. The molecule has 0 spiro atoms. The van der Waals surface area contributed by atoms with E-state index in [4.69, 9.17) is 11.6 Å². The van der Waals surface area contributed by atoms with Crippen LogP contribution in [0.4, 0.5) is 0 Å². The lowest BCUT2D eigenvalue weighted by molar-refractivity contribution is 0.0932. The molecule has 1 amide bonds. The molecule has 0 radical (unpaired) electrons. The first-order chi connectivity index (χ1) is 14.8. The van der Waals surface area contributed by atoms with E-state index in [0.717, 1.165) is 19.5 Å². The second kappa shape index (κ2) is 10.1. The summed E-state index contributed by atoms with van der Waals surface area (Å²) in [5, 5.41) is 3.16. The van der Waals surface area contributed by atoms with E-state index in [1.807, 2.05) is 0 Å². The fourth-order valence-corrected chi connectivity index (χ4v) is 5.60. The minimum Gasteiger partial charge on any atom is -0.350 e. The number of amides is 1. The summed E-state index contributed by atoms with van der Waals surface area (Å²) in [6.07, 6.45) is 0.992. The van der Waals surface area contributed by atoms with Crippen LogP contribution in [0.3, 0.4) is 0 Å². The molecule has 1 aliphatic rings. The average Bonchev–Trinajstić information content (AvgIpc) is 2.77. The van der Waals surface area contributed by atoms with Crippen LogP contribution in [0.15, 0.2) is 47.4 Å². The number of halogens is 1. The lowest BCUT2D eigenvalue weighted by atomic mass is 9.99. The first-order valence-electron chi connectivity index (χ1n) is 10.7. The van der Waals surface area contributed by atoms with Gasteiger partial charge in [0.05, 0.1) is 15.5 Å². The zero-order valence-corrected chi connectivity index (χ0v) is 19.8. The normalized spacial score (nSPS) is 15.5. The highest BCUT2D eigenvalue weighted by molar-refractivity contribution is 7.89. The number of nitrogens with zero attached hydrogens (tertiary/aromatic N) is 2. The van der Waals surface area contributed by atoms with Crippen LogP contribution in [0, 0.1) is 0 Å². The summed E-state index contributed by atoms with van der Waals surface area (Å²) in [7, 11) is -3.66. The van der Waals surface area contributed by atoms with Crippen LogP contribution in [0.2, 0.25) is 5.02 Å². The second-order valence-electron chi connectivity index (χ2n) is 7.78. The third kappa shape index (κ3) is 5.29. The first kappa shape index (κ1) is 23.7. The largest absolute Gasteiger partial charge is 0.350 e. The van der Waals surface area contributed by atoms with Gasteiger partial charge in [0.1, 0.15) is 0 Å². The second-order valence-corrected chi connectivity index (χ2v) is 10.1. The van der Waals surface area contributed by atoms with Crippen molar-refractivity contribution in [1.82, 2.24) is 14.5 Å². The van der Waals surface area contributed by atoms with Crippen LogP contribution in [0.1, 0.15) is 42.3 Å². The number of fused-ring (bicyclic) bond motifs is 1. The number of benzene rings is 2. The van der Waals surface area contributed by atoms with Crippen molar-refractivity contribution in [2.24, 2.45) is 0 Å². The number of sulfonamides is 1. The zero-order chi connectivity index (χ0) is 22.6.